The Bertz CT molecular complexity index is 3190. The van der Waals surface area contributed by atoms with Crippen LogP contribution in [0.4, 0.5) is 17.1 Å². The Labute approximate surface area is 312 Å². The van der Waals surface area contributed by atoms with Crippen molar-refractivity contribution in [1.82, 2.24) is 0 Å². The number of para-hydroxylation sites is 2. The third-order valence-electron chi connectivity index (χ3n) is 11.0. The Kier molecular flexibility index (Phi) is 6.90. The predicted octanol–water partition coefficient (Wildman–Crippen LogP) is 15.0. The number of fused-ring (bicyclic) bond motifs is 11. The second-order valence-electron chi connectivity index (χ2n) is 14.1. The van der Waals surface area contributed by atoms with Crippen LogP contribution in [0.5, 0.6) is 0 Å². The maximum Gasteiger partial charge on any atom is 0.136 e. The van der Waals surface area contributed by atoms with Crippen molar-refractivity contribution < 1.29 is 4.42 Å². The molecule has 0 saturated heterocycles. The Balaban J connectivity index is 1.01. The first kappa shape index (κ1) is 30.5. The van der Waals surface area contributed by atoms with Gasteiger partial charge < -0.3 is 9.32 Å². The standard InChI is InChI=1S/C52H33NO/c1-2-12-40(13-3-1)53(41-25-20-35(21-26-41)38-19-18-34-10-4-5-11-37(34)32-38)42-27-22-36(23-28-42)39-24-29-44-43-14-6-7-15-45(43)51-46(48(44)33-39)30-31-50-52(51)47-16-8-9-17-49(47)54-50/h1-33H. The van der Waals surface area contributed by atoms with Gasteiger partial charge in [-0.3, -0.25) is 0 Å². The molecule has 1 heterocycles. The highest BCUT2D eigenvalue weighted by atomic mass is 16.3. The van der Waals surface area contributed by atoms with Crippen LogP contribution in [0.1, 0.15) is 0 Å². The smallest absolute Gasteiger partial charge is 0.136 e. The van der Waals surface area contributed by atoms with Gasteiger partial charge in [0, 0.05) is 33.2 Å². The van der Waals surface area contributed by atoms with Crippen LogP contribution < -0.4 is 4.90 Å². The van der Waals surface area contributed by atoms with Gasteiger partial charge in [-0.25, -0.2) is 0 Å². The number of nitrogens with zero attached hydrogens (tertiary/aromatic N) is 1. The Hall–Kier alpha value is -7.16. The van der Waals surface area contributed by atoms with E-state index in [1.807, 2.05) is 6.07 Å². The minimum atomic E-state index is 0.920. The molecule has 0 saturated carbocycles. The van der Waals surface area contributed by atoms with E-state index in [1.165, 1.54) is 70.7 Å². The highest BCUT2D eigenvalue weighted by Crippen LogP contribution is 2.44. The second-order valence-corrected chi connectivity index (χ2v) is 14.1. The highest BCUT2D eigenvalue weighted by Gasteiger charge is 2.17. The maximum absolute atomic E-state index is 6.34. The number of hydrogen-bond donors (Lipinski definition) is 0. The zero-order chi connectivity index (χ0) is 35.6. The van der Waals surface area contributed by atoms with Crippen LogP contribution in [-0.2, 0) is 0 Å². The van der Waals surface area contributed by atoms with E-state index in [-0.39, 0.29) is 0 Å². The first-order valence-corrected chi connectivity index (χ1v) is 18.5. The number of anilines is 3. The highest BCUT2D eigenvalue weighted by molar-refractivity contribution is 6.34. The van der Waals surface area contributed by atoms with Gasteiger partial charge in [0.25, 0.3) is 0 Å². The summed E-state index contributed by atoms with van der Waals surface area (Å²) >= 11 is 0. The summed E-state index contributed by atoms with van der Waals surface area (Å²) in [6.45, 7) is 0. The normalized spacial score (nSPS) is 11.7. The van der Waals surface area contributed by atoms with Gasteiger partial charge in [-0.15, -0.1) is 0 Å². The van der Waals surface area contributed by atoms with Crippen LogP contribution in [0.3, 0.4) is 0 Å². The molecule has 0 unspecified atom stereocenters. The summed E-state index contributed by atoms with van der Waals surface area (Å²) in [5, 5.41) is 12.3. The molecule has 0 aliphatic heterocycles. The summed E-state index contributed by atoms with van der Waals surface area (Å²) in [6.07, 6.45) is 0. The van der Waals surface area contributed by atoms with Crippen LogP contribution in [0, 0.1) is 0 Å². The summed E-state index contributed by atoms with van der Waals surface area (Å²) < 4.78 is 6.34. The summed E-state index contributed by atoms with van der Waals surface area (Å²) in [6, 6.07) is 72.2. The molecule has 10 aromatic carbocycles. The van der Waals surface area contributed by atoms with Crippen molar-refractivity contribution in [1.29, 1.82) is 0 Å². The number of rotatable bonds is 5. The van der Waals surface area contributed by atoms with Crippen molar-refractivity contribution in [2.45, 2.75) is 0 Å². The third kappa shape index (κ3) is 4.88. The van der Waals surface area contributed by atoms with Crippen LogP contribution in [0.15, 0.2) is 205 Å². The molecule has 0 aliphatic rings. The fraction of sp³-hybridized carbons (Fsp3) is 0. The monoisotopic (exact) mass is 687 g/mol. The van der Waals surface area contributed by atoms with Crippen molar-refractivity contribution in [3.63, 3.8) is 0 Å². The molecule has 0 bridgehead atoms. The van der Waals surface area contributed by atoms with Crippen LogP contribution in [-0.4, -0.2) is 0 Å². The zero-order valence-corrected chi connectivity index (χ0v) is 29.4. The van der Waals surface area contributed by atoms with E-state index in [2.05, 4.69) is 199 Å². The first-order chi connectivity index (χ1) is 26.8. The van der Waals surface area contributed by atoms with E-state index in [0.717, 1.165) is 33.6 Å². The van der Waals surface area contributed by atoms with Gasteiger partial charge in [0.1, 0.15) is 11.2 Å². The lowest BCUT2D eigenvalue weighted by Crippen LogP contribution is -2.09. The van der Waals surface area contributed by atoms with E-state index in [4.69, 9.17) is 4.42 Å². The molecule has 0 spiro atoms. The molecule has 0 radical (unpaired) electrons. The summed E-state index contributed by atoms with van der Waals surface area (Å²) in [5.41, 5.74) is 9.96. The quantitative estimate of drug-likeness (QED) is 0.168. The Morgan fingerprint density at radius 2 is 0.796 bits per heavy atom. The van der Waals surface area contributed by atoms with Crippen LogP contribution in [0.2, 0.25) is 0 Å². The lowest BCUT2D eigenvalue weighted by molar-refractivity contribution is 0.669. The van der Waals surface area contributed by atoms with Crippen molar-refractivity contribution in [3.05, 3.63) is 200 Å². The molecule has 0 amide bonds. The second kappa shape index (κ2) is 12.2. The molecule has 0 N–H and O–H groups in total. The van der Waals surface area contributed by atoms with Gasteiger partial charge in [-0.05, 0) is 127 Å². The molecule has 0 fully saturated rings. The average molecular weight is 688 g/mol. The fourth-order valence-corrected chi connectivity index (χ4v) is 8.44. The van der Waals surface area contributed by atoms with Crippen LogP contribution >= 0.6 is 0 Å². The Morgan fingerprint density at radius 1 is 0.278 bits per heavy atom. The van der Waals surface area contributed by atoms with Crippen molar-refractivity contribution in [2.24, 2.45) is 0 Å². The molecule has 11 rings (SSSR count). The van der Waals surface area contributed by atoms with E-state index in [9.17, 15) is 0 Å². The van der Waals surface area contributed by atoms with Crippen molar-refractivity contribution >= 4 is 82.1 Å². The van der Waals surface area contributed by atoms with E-state index >= 15 is 0 Å². The summed E-state index contributed by atoms with van der Waals surface area (Å²) in [5.74, 6) is 0. The maximum atomic E-state index is 6.34. The first-order valence-electron chi connectivity index (χ1n) is 18.5. The predicted molar refractivity (Wildman–Crippen MR) is 229 cm³/mol. The zero-order valence-electron chi connectivity index (χ0n) is 29.4. The van der Waals surface area contributed by atoms with Crippen molar-refractivity contribution in [2.75, 3.05) is 4.90 Å². The molecule has 54 heavy (non-hydrogen) atoms. The fourth-order valence-electron chi connectivity index (χ4n) is 8.44. The molecule has 0 atom stereocenters. The Morgan fingerprint density at radius 3 is 1.56 bits per heavy atom. The number of hydrogen-bond acceptors (Lipinski definition) is 2. The third-order valence-corrected chi connectivity index (χ3v) is 11.0. The van der Waals surface area contributed by atoms with Gasteiger partial charge in [0.2, 0.25) is 0 Å². The van der Waals surface area contributed by atoms with Crippen LogP contribution in [0.25, 0.3) is 87.3 Å². The summed E-state index contributed by atoms with van der Waals surface area (Å²) in [4.78, 5) is 2.33. The molecule has 2 heteroatoms. The van der Waals surface area contributed by atoms with E-state index in [1.54, 1.807) is 0 Å². The molecule has 1 aromatic heterocycles. The molecular weight excluding hydrogens is 655 g/mol. The minimum absolute atomic E-state index is 0.920. The number of furan rings is 1. The van der Waals surface area contributed by atoms with Gasteiger partial charge >= 0.3 is 0 Å². The van der Waals surface area contributed by atoms with E-state index < -0.39 is 0 Å². The topological polar surface area (TPSA) is 16.4 Å². The van der Waals surface area contributed by atoms with E-state index in [0.29, 0.717) is 0 Å². The molecule has 2 nitrogen and oxygen atoms in total. The van der Waals surface area contributed by atoms with Gasteiger partial charge in [0.15, 0.2) is 0 Å². The van der Waals surface area contributed by atoms with Gasteiger partial charge in [-0.1, -0.05) is 133 Å². The SMILES string of the molecule is c1ccc(N(c2ccc(-c3ccc4ccccc4c3)cc2)c2ccc(-c3ccc4c5ccccc5c5c(ccc6oc7ccccc7c65)c4c3)cc2)cc1. The summed E-state index contributed by atoms with van der Waals surface area (Å²) in [7, 11) is 0. The van der Waals surface area contributed by atoms with Gasteiger partial charge in [0.05, 0.1) is 0 Å². The number of benzene rings is 10. The molecule has 252 valence electrons. The van der Waals surface area contributed by atoms with Gasteiger partial charge in [-0.2, -0.15) is 0 Å². The largest absolute Gasteiger partial charge is 0.456 e. The molecule has 11 aromatic rings. The van der Waals surface area contributed by atoms with Crippen molar-refractivity contribution in [3.8, 4) is 22.3 Å². The lowest BCUT2D eigenvalue weighted by Gasteiger charge is -2.26. The molecular formula is C52H33NO. The minimum Gasteiger partial charge on any atom is -0.456 e. The molecule has 0 aliphatic carbocycles. The lowest BCUT2D eigenvalue weighted by atomic mass is 9.90. The average Bonchev–Trinajstić information content (AvgIpc) is 3.63.